The van der Waals surface area contributed by atoms with Crippen molar-refractivity contribution in [2.45, 2.75) is 32.7 Å². The van der Waals surface area contributed by atoms with E-state index in [0.717, 1.165) is 50.5 Å². The molecule has 0 unspecified atom stereocenters. The van der Waals surface area contributed by atoms with E-state index in [-0.39, 0.29) is 5.56 Å². The van der Waals surface area contributed by atoms with E-state index in [4.69, 9.17) is 5.73 Å². The van der Waals surface area contributed by atoms with E-state index in [2.05, 4.69) is 25.9 Å². The van der Waals surface area contributed by atoms with Crippen LogP contribution in [0.1, 0.15) is 26.2 Å². The highest BCUT2D eigenvalue weighted by Gasteiger charge is 2.21. The van der Waals surface area contributed by atoms with Crippen LogP contribution in [0, 0.1) is 5.92 Å². The summed E-state index contributed by atoms with van der Waals surface area (Å²) in [6.07, 6.45) is 5.17. The lowest BCUT2D eigenvalue weighted by Crippen LogP contribution is -2.36. The molecule has 1 aromatic heterocycles. The Morgan fingerprint density at radius 3 is 2.74 bits per heavy atom. The van der Waals surface area contributed by atoms with E-state index in [1.165, 1.54) is 4.68 Å². The highest BCUT2D eigenvalue weighted by Crippen LogP contribution is 2.27. The minimum atomic E-state index is -0.0518. The van der Waals surface area contributed by atoms with Crippen LogP contribution >= 0.6 is 15.9 Å². The van der Waals surface area contributed by atoms with Crippen LogP contribution in [0.2, 0.25) is 0 Å². The Balaban J connectivity index is 2.12. The molecule has 0 atom stereocenters. The predicted octanol–water partition coefficient (Wildman–Crippen LogP) is 1.59. The van der Waals surface area contributed by atoms with Gasteiger partial charge in [0, 0.05) is 19.6 Å². The Morgan fingerprint density at radius 2 is 2.16 bits per heavy atom. The van der Waals surface area contributed by atoms with Gasteiger partial charge < -0.3 is 10.6 Å². The van der Waals surface area contributed by atoms with Crippen molar-refractivity contribution in [3.05, 3.63) is 21.0 Å². The summed E-state index contributed by atoms with van der Waals surface area (Å²) in [6.45, 7) is 5.22. The number of aryl methyl sites for hydroxylation is 1. The number of halogens is 1. The number of hydrogen-bond acceptors (Lipinski definition) is 4. The molecule has 6 heteroatoms. The van der Waals surface area contributed by atoms with Gasteiger partial charge in [-0.1, -0.05) is 0 Å². The van der Waals surface area contributed by atoms with Crippen LogP contribution in [0.15, 0.2) is 15.5 Å². The lowest BCUT2D eigenvalue weighted by Gasteiger charge is -2.33. The molecule has 0 radical (unpaired) electrons. The number of nitrogens with zero attached hydrogens (tertiary/aromatic N) is 3. The minimum Gasteiger partial charge on any atom is -0.369 e. The molecule has 106 valence electrons. The van der Waals surface area contributed by atoms with Crippen LogP contribution in [-0.2, 0) is 6.54 Å². The molecule has 1 aromatic rings. The second kappa shape index (κ2) is 6.52. The number of piperidine rings is 1. The third-order valence-electron chi connectivity index (χ3n) is 3.80. The molecule has 1 aliphatic rings. The van der Waals surface area contributed by atoms with Crippen LogP contribution in [0.25, 0.3) is 0 Å². The van der Waals surface area contributed by atoms with Gasteiger partial charge in [-0.15, -0.1) is 0 Å². The molecular weight excluding hydrogens is 308 g/mol. The molecule has 0 aliphatic carbocycles. The van der Waals surface area contributed by atoms with Crippen LogP contribution in [0.5, 0.6) is 0 Å². The second-order valence-electron chi connectivity index (χ2n) is 4.97. The van der Waals surface area contributed by atoms with Crippen LogP contribution < -0.4 is 16.2 Å². The number of hydrogen-bond donors (Lipinski definition) is 1. The zero-order valence-corrected chi connectivity index (χ0v) is 12.9. The van der Waals surface area contributed by atoms with E-state index >= 15 is 0 Å². The van der Waals surface area contributed by atoms with E-state index in [1.807, 2.05) is 6.92 Å². The first-order valence-electron chi connectivity index (χ1n) is 6.88. The summed E-state index contributed by atoms with van der Waals surface area (Å²) in [7, 11) is 0. The molecule has 2 N–H and O–H groups in total. The highest BCUT2D eigenvalue weighted by molar-refractivity contribution is 9.10. The van der Waals surface area contributed by atoms with Crippen LogP contribution in [0.4, 0.5) is 5.69 Å². The van der Waals surface area contributed by atoms with Gasteiger partial charge in [0.15, 0.2) is 0 Å². The van der Waals surface area contributed by atoms with Crippen molar-refractivity contribution in [3.63, 3.8) is 0 Å². The molecule has 0 spiro atoms. The van der Waals surface area contributed by atoms with E-state index in [9.17, 15) is 4.79 Å². The maximum atomic E-state index is 12.0. The van der Waals surface area contributed by atoms with Gasteiger partial charge in [-0.3, -0.25) is 4.79 Å². The van der Waals surface area contributed by atoms with Crippen molar-refractivity contribution in [1.29, 1.82) is 0 Å². The Hall–Kier alpha value is -0.880. The smallest absolute Gasteiger partial charge is 0.283 e. The van der Waals surface area contributed by atoms with Crippen LogP contribution in [0.3, 0.4) is 0 Å². The standard InChI is InChI=1S/C13H21BrN4O/c1-2-18-13(19)12(14)11(9-16-18)17-7-4-10(3-6-15)5-8-17/h9-10H,2-8,15H2,1H3. The third kappa shape index (κ3) is 3.17. The van der Waals surface area contributed by atoms with E-state index < -0.39 is 0 Å². The third-order valence-corrected chi connectivity index (χ3v) is 4.54. The molecule has 2 heterocycles. The number of rotatable bonds is 4. The van der Waals surface area contributed by atoms with Crippen molar-refractivity contribution in [2.75, 3.05) is 24.5 Å². The Bertz CT molecular complexity index is 480. The fraction of sp³-hybridized carbons (Fsp3) is 0.692. The van der Waals surface area contributed by atoms with Crippen molar-refractivity contribution < 1.29 is 0 Å². The van der Waals surface area contributed by atoms with Gasteiger partial charge in [0.1, 0.15) is 4.47 Å². The summed E-state index contributed by atoms with van der Waals surface area (Å²) in [5, 5.41) is 4.20. The largest absolute Gasteiger partial charge is 0.369 e. The quantitative estimate of drug-likeness (QED) is 0.911. The predicted molar refractivity (Wildman–Crippen MR) is 80.5 cm³/mol. The molecule has 0 bridgehead atoms. The molecule has 19 heavy (non-hydrogen) atoms. The molecule has 2 rings (SSSR count). The summed E-state index contributed by atoms with van der Waals surface area (Å²) in [4.78, 5) is 14.3. The summed E-state index contributed by atoms with van der Waals surface area (Å²) in [5.41, 5.74) is 6.47. The number of aromatic nitrogens is 2. The van der Waals surface area contributed by atoms with Gasteiger partial charge in [0.25, 0.3) is 5.56 Å². The van der Waals surface area contributed by atoms with Crippen molar-refractivity contribution in [3.8, 4) is 0 Å². The monoisotopic (exact) mass is 328 g/mol. The summed E-state index contributed by atoms with van der Waals surface area (Å²) in [6, 6.07) is 0. The molecule has 0 amide bonds. The van der Waals surface area contributed by atoms with E-state index in [0.29, 0.717) is 11.0 Å². The van der Waals surface area contributed by atoms with Gasteiger partial charge in [0.2, 0.25) is 0 Å². The zero-order valence-electron chi connectivity index (χ0n) is 11.3. The van der Waals surface area contributed by atoms with Crippen LogP contribution in [-0.4, -0.2) is 29.4 Å². The van der Waals surface area contributed by atoms with E-state index in [1.54, 1.807) is 6.20 Å². The molecular formula is C13H21BrN4O. The minimum absolute atomic E-state index is 0.0518. The Kier molecular flexibility index (Phi) is 4.99. The van der Waals surface area contributed by atoms with Gasteiger partial charge in [-0.2, -0.15) is 5.10 Å². The summed E-state index contributed by atoms with van der Waals surface area (Å²) >= 11 is 3.42. The fourth-order valence-electron chi connectivity index (χ4n) is 2.60. The average molecular weight is 329 g/mol. The Morgan fingerprint density at radius 1 is 1.47 bits per heavy atom. The van der Waals surface area contributed by atoms with Gasteiger partial charge in [0.05, 0.1) is 11.9 Å². The maximum Gasteiger partial charge on any atom is 0.283 e. The summed E-state index contributed by atoms with van der Waals surface area (Å²) < 4.78 is 2.09. The van der Waals surface area contributed by atoms with Gasteiger partial charge >= 0.3 is 0 Å². The highest BCUT2D eigenvalue weighted by atomic mass is 79.9. The summed E-state index contributed by atoms with van der Waals surface area (Å²) in [5.74, 6) is 0.726. The molecule has 1 saturated heterocycles. The Labute approximate surface area is 121 Å². The molecule has 0 aromatic carbocycles. The van der Waals surface area contributed by atoms with Crippen molar-refractivity contribution in [1.82, 2.24) is 9.78 Å². The molecule has 0 saturated carbocycles. The molecule has 1 aliphatic heterocycles. The normalized spacial score (nSPS) is 16.9. The first-order valence-corrected chi connectivity index (χ1v) is 7.67. The van der Waals surface area contributed by atoms with Gasteiger partial charge in [-0.25, -0.2) is 4.68 Å². The first kappa shape index (κ1) is 14.5. The van der Waals surface area contributed by atoms with Gasteiger partial charge in [-0.05, 0) is 54.6 Å². The average Bonchev–Trinajstić information content (AvgIpc) is 2.43. The molecule has 1 fully saturated rings. The number of nitrogens with two attached hydrogens (primary N) is 1. The van der Waals surface area contributed by atoms with Crippen molar-refractivity contribution >= 4 is 21.6 Å². The molecule has 5 nitrogen and oxygen atoms in total. The first-order chi connectivity index (χ1) is 9.17. The topological polar surface area (TPSA) is 64.2 Å². The SMILES string of the molecule is CCn1ncc(N2CCC(CCN)CC2)c(Br)c1=O. The van der Waals surface area contributed by atoms with Crippen molar-refractivity contribution in [2.24, 2.45) is 11.7 Å². The number of anilines is 1. The lowest BCUT2D eigenvalue weighted by molar-refractivity contribution is 0.385. The zero-order chi connectivity index (χ0) is 13.8. The fourth-order valence-corrected chi connectivity index (χ4v) is 3.16. The second-order valence-corrected chi connectivity index (χ2v) is 5.77. The maximum absolute atomic E-state index is 12.0. The lowest BCUT2D eigenvalue weighted by atomic mass is 9.93.